The van der Waals surface area contributed by atoms with Crippen LogP contribution in [-0.4, -0.2) is 26.3 Å². The van der Waals surface area contributed by atoms with E-state index in [4.69, 9.17) is 9.47 Å². The molecule has 1 aliphatic rings. The highest BCUT2D eigenvalue weighted by Gasteiger charge is 2.17. The normalized spacial score (nSPS) is 15.2. The number of hydrogen-bond donors (Lipinski definition) is 1. The van der Waals surface area contributed by atoms with Crippen LogP contribution in [0.25, 0.3) is 0 Å². The highest BCUT2D eigenvalue weighted by molar-refractivity contribution is 5.41. The Balaban J connectivity index is 1.82. The largest absolute Gasteiger partial charge is 0.497 e. The van der Waals surface area contributed by atoms with Gasteiger partial charge < -0.3 is 14.8 Å². The lowest BCUT2D eigenvalue weighted by molar-refractivity contribution is -0.688. The van der Waals surface area contributed by atoms with Gasteiger partial charge in [0.15, 0.2) is 0 Å². The molecule has 1 aromatic rings. The van der Waals surface area contributed by atoms with Gasteiger partial charge in [-0.05, 0) is 50.3 Å². The quantitative estimate of drug-likeness (QED) is 0.584. The van der Waals surface area contributed by atoms with Crippen LogP contribution < -0.4 is 14.8 Å². The van der Waals surface area contributed by atoms with Gasteiger partial charge in [0.2, 0.25) is 0 Å². The molecule has 2 rings (SSSR count). The summed E-state index contributed by atoms with van der Waals surface area (Å²) in [7, 11) is 1.68. The minimum atomic E-state index is 0.757. The first-order chi connectivity index (χ1) is 9.83. The fraction of sp³-hybridized carbons (Fsp3) is 0.529. The second kappa shape index (κ2) is 7.95. The van der Waals surface area contributed by atoms with Gasteiger partial charge in [-0.1, -0.05) is 6.08 Å². The average molecular weight is 276 g/mol. The Hall–Kier alpha value is -1.48. The summed E-state index contributed by atoms with van der Waals surface area (Å²) in [6.07, 6.45) is 8.22. The van der Waals surface area contributed by atoms with Crippen molar-refractivity contribution in [2.45, 2.75) is 38.1 Å². The maximum absolute atomic E-state index is 5.91. The number of rotatable bonds is 8. The van der Waals surface area contributed by atoms with Crippen molar-refractivity contribution >= 4 is 0 Å². The van der Waals surface area contributed by atoms with Crippen molar-refractivity contribution in [1.82, 2.24) is 0 Å². The Bertz CT molecular complexity index is 425. The van der Waals surface area contributed by atoms with Crippen LogP contribution in [0.15, 0.2) is 30.9 Å². The van der Waals surface area contributed by atoms with Crippen molar-refractivity contribution in [3.63, 3.8) is 0 Å². The second-order valence-electron chi connectivity index (χ2n) is 5.38. The van der Waals surface area contributed by atoms with Gasteiger partial charge in [0.05, 0.1) is 13.2 Å². The molecule has 3 nitrogen and oxygen atoms in total. The molecule has 0 aromatic heterocycles. The van der Waals surface area contributed by atoms with Gasteiger partial charge in [0.25, 0.3) is 0 Å². The number of quaternary nitrogens is 1. The predicted molar refractivity (Wildman–Crippen MR) is 81.4 cm³/mol. The number of ether oxygens (including phenoxy) is 2. The monoisotopic (exact) mass is 276 g/mol. The molecule has 110 valence electrons. The third kappa shape index (κ3) is 4.27. The van der Waals surface area contributed by atoms with Gasteiger partial charge in [-0.3, -0.25) is 0 Å². The van der Waals surface area contributed by atoms with Gasteiger partial charge in [-0.25, -0.2) is 0 Å². The molecule has 0 radical (unpaired) electrons. The molecule has 20 heavy (non-hydrogen) atoms. The summed E-state index contributed by atoms with van der Waals surface area (Å²) in [4.78, 5) is 0. The molecule has 1 aromatic carbocycles. The van der Waals surface area contributed by atoms with Crippen LogP contribution in [-0.2, 0) is 6.42 Å². The molecule has 0 unspecified atom stereocenters. The third-order valence-corrected chi connectivity index (χ3v) is 3.91. The summed E-state index contributed by atoms with van der Waals surface area (Å²) < 4.78 is 11.2. The predicted octanol–water partition coefficient (Wildman–Crippen LogP) is 2.31. The van der Waals surface area contributed by atoms with E-state index in [1.165, 1.54) is 25.7 Å². The Labute approximate surface area is 122 Å². The van der Waals surface area contributed by atoms with Crippen LogP contribution in [0, 0.1) is 0 Å². The van der Waals surface area contributed by atoms with Crippen molar-refractivity contribution in [3.05, 3.63) is 36.4 Å². The SMILES string of the molecule is C=CCc1cc(OC)ccc1OCC[NH2+]C1CCCC1. The minimum absolute atomic E-state index is 0.757. The molecule has 0 bridgehead atoms. The van der Waals surface area contributed by atoms with Gasteiger partial charge >= 0.3 is 0 Å². The van der Waals surface area contributed by atoms with Gasteiger partial charge in [-0.15, -0.1) is 6.58 Å². The first kappa shape index (κ1) is 14.9. The average Bonchev–Trinajstić information content (AvgIpc) is 2.98. The van der Waals surface area contributed by atoms with E-state index in [1.54, 1.807) is 7.11 Å². The van der Waals surface area contributed by atoms with Gasteiger partial charge in [0, 0.05) is 5.56 Å². The number of allylic oxidation sites excluding steroid dienone is 1. The zero-order chi connectivity index (χ0) is 14.2. The number of hydrogen-bond acceptors (Lipinski definition) is 2. The first-order valence-electron chi connectivity index (χ1n) is 7.57. The fourth-order valence-corrected chi connectivity index (χ4v) is 2.80. The molecular formula is C17H26NO2+. The lowest BCUT2D eigenvalue weighted by Gasteiger charge is -2.13. The van der Waals surface area contributed by atoms with Crippen LogP contribution in [0.4, 0.5) is 0 Å². The Morgan fingerprint density at radius 1 is 1.35 bits per heavy atom. The third-order valence-electron chi connectivity index (χ3n) is 3.91. The summed E-state index contributed by atoms with van der Waals surface area (Å²) in [6.45, 7) is 5.59. The molecule has 0 heterocycles. The lowest BCUT2D eigenvalue weighted by Crippen LogP contribution is -2.90. The van der Waals surface area contributed by atoms with E-state index < -0.39 is 0 Å². The smallest absolute Gasteiger partial charge is 0.137 e. The summed E-state index contributed by atoms with van der Waals surface area (Å²) in [5.41, 5.74) is 1.14. The number of nitrogens with two attached hydrogens (primary N) is 1. The van der Waals surface area contributed by atoms with Crippen LogP contribution in [0.3, 0.4) is 0 Å². The molecule has 0 atom stereocenters. The molecule has 3 heteroatoms. The second-order valence-corrected chi connectivity index (χ2v) is 5.38. The molecular weight excluding hydrogens is 250 g/mol. The number of benzene rings is 1. The van der Waals surface area contributed by atoms with Gasteiger partial charge in [-0.2, -0.15) is 0 Å². The lowest BCUT2D eigenvalue weighted by atomic mass is 10.1. The molecule has 1 fully saturated rings. The van der Waals surface area contributed by atoms with E-state index in [9.17, 15) is 0 Å². The maximum Gasteiger partial charge on any atom is 0.137 e. The zero-order valence-corrected chi connectivity index (χ0v) is 12.4. The van der Waals surface area contributed by atoms with Crippen molar-refractivity contribution in [3.8, 4) is 11.5 Å². The van der Waals surface area contributed by atoms with Crippen molar-refractivity contribution in [1.29, 1.82) is 0 Å². The molecule has 0 saturated heterocycles. The zero-order valence-electron chi connectivity index (χ0n) is 12.4. The van der Waals surface area contributed by atoms with E-state index in [2.05, 4.69) is 11.9 Å². The summed E-state index contributed by atoms with van der Waals surface area (Å²) in [6, 6.07) is 6.79. The number of methoxy groups -OCH3 is 1. The van der Waals surface area contributed by atoms with E-state index in [1.807, 2.05) is 24.3 Å². The molecule has 0 amide bonds. The highest BCUT2D eigenvalue weighted by atomic mass is 16.5. The van der Waals surface area contributed by atoms with Crippen LogP contribution in [0.1, 0.15) is 31.2 Å². The fourth-order valence-electron chi connectivity index (χ4n) is 2.80. The van der Waals surface area contributed by atoms with E-state index in [-0.39, 0.29) is 0 Å². The van der Waals surface area contributed by atoms with Gasteiger partial charge in [0.1, 0.15) is 24.7 Å². The highest BCUT2D eigenvalue weighted by Crippen LogP contribution is 2.24. The van der Waals surface area contributed by atoms with Crippen LogP contribution in [0.5, 0.6) is 11.5 Å². The summed E-state index contributed by atoms with van der Waals surface area (Å²) in [5, 5.41) is 2.43. The van der Waals surface area contributed by atoms with Crippen molar-refractivity contribution in [2.24, 2.45) is 0 Å². The van der Waals surface area contributed by atoms with Crippen LogP contribution in [0.2, 0.25) is 0 Å². The maximum atomic E-state index is 5.91. The summed E-state index contributed by atoms with van der Waals surface area (Å²) in [5.74, 6) is 1.82. The molecule has 0 aliphatic heterocycles. The Morgan fingerprint density at radius 3 is 2.85 bits per heavy atom. The van der Waals surface area contributed by atoms with E-state index in [0.29, 0.717) is 0 Å². The summed E-state index contributed by atoms with van der Waals surface area (Å²) >= 11 is 0. The standard InChI is InChI=1S/C17H25NO2/c1-3-6-14-13-16(19-2)9-10-17(14)20-12-11-18-15-7-4-5-8-15/h3,9-10,13,15,18H,1,4-8,11-12H2,2H3/p+1. The Morgan fingerprint density at radius 2 is 2.15 bits per heavy atom. The van der Waals surface area contributed by atoms with Crippen LogP contribution >= 0.6 is 0 Å². The van der Waals surface area contributed by atoms with E-state index >= 15 is 0 Å². The first-order valence-corrected chi connectivity index (χ1v) is 7.57. The molecule has 1 aliphatic carbocycles. The molecule has 2 N–H and O–H groups in total. The van der Waals surface area contributed by atoms with E-state index in [0.717, 1.165) is 42.7 Å². The minimum Gasteiger partial charge on any atom is -0.497 e. The van der Waals surface area contributed by atoms with Crippen molar-refractivity contribution in [2.75, 3.05) is 20.3 Å². The topological polar surface area (TPSA) is 35.1 Å². The Kier molecular flexibility index (Phi) is 5.93. The van der Waals surface area contributed by atoms with Crippen molar-refractivity contribution < 1.29 is 14.8 Å². The molecule has 0 spiro atoms. The molecule has 1 saturated carbocycles.